The van der Waals surface area contributed by atoms with Gasteiger partial charge in [-0.15, -0.1) is 0 Å². The fourth-order valence-corrected chi connectivity index (χ4v) is 3.58. The average Bonchev–Trinajstić information content (AvgIpc) is 2.42. The van der Waals surface area contributed by atoms with Crippen LogP contribution in [0.4, 0.5) is 4.79 Å². The molecular formula is C18H33N3O3. The summed E-state index contributed by atoms with van der Waals surface area (Å²) in [6.45, 7) is 12.2. The summed E-state index contributed by atoms with van der Waals surface area (Å²) < 4.78 is 5.50. The SMILES string of the molecule is CN1CC(NC2CCN(C(=O)OC(C)(C)C)CC2(C)C)CCC1=O. The molecule has 0 aromatic carbocycles. The van der Waals surface area contributed by atoms with E-state index in [9.17, 15) is 9.59 Å². The molecule has 2 aliphatic heterocycles. The number of nitrogens with one attached hydrogen (secondary N) is 1. The summed E-state index contributed by atoms with van der Waals surface area (Å²) >= 11 is 0. The molecular weight excluding hydrogens is 306 g/mol. The van der Waals surface area contributed by atoms with E-state index in [4.69, 9.17) is 4.74 Å². The zero-order chi connectivity index (χ0) is 18.1. The van der Waals surface area contributed by atoms with Crippen LogP contribution in [0.5, 0.6) is 0 Å². The lowest BCUT2D eigenvalue weighted by molar-refractivity contribution is -0.132. The normalized spacial score (nSPS) is 28.0. The molecule has 0 radical (unpaired) electrons. The lowest BCUT2D eigenvalue weighted by Crippen LogP contribution is -2.60. The summed E-state index contributed by atoms with van der Waals surface area (Å²) in [5, 5.41) is 3.73. The maximum atomic E-state index is 12.3. The van der Waals surface area contributed by atoms with Crippen molar-refractivity contribution in [2.45, 2.75) is 71.6 Å². The van der Waals surface area contributed by atoms with E-state index < -0.39 is 5.60 Å². The van der Waals surface area contributed by atoms with Crippen molar-refractivity contribution in [3.63, 3.8) is 0 Å². The van der Waals surface area contributed by atoms with Gasteiger partial charge in [-0.25, -0.2) is 4.79 Å². The third-order valence-electron chi connectivity index (χ3n) is 4.94. The topological polar surface area (TPSA) is 61.9 Å². The number of piperidine rings is 2. The van der Waals surface area contributed by atoms with Gasteiger partial charge < -0.3 is 19.9 Å². The number of carbonyl (C=O) groups excluding carboxylic acids is 2. The van der Waals surface area contributed by atoms with Gasteiger partial charge >= 0.3 is 6.09 Å². The molecule has 2 saturated heterocycles. The fraction of sp³-hybridized carbons (Fsp3) is 0.889. The Bertz CT molecular complexity index is 484. The number of carbonyl (C=O) groups is 2. The minimum atomic E-state index is -0.463. The highest BCUT2D eigenvalue weighted by Crippen LogP contribution is 2.31. The zero-order valence-corrected chi connectivity index (χ0v) is 16.0. The highest BCUT2D eigenvalue weighted by atomic mass is 16.6. The van der Waals surface area contributed by atoms with Gasteiger partial charge in [0.15, 0.2) is 0 Å². The lowest BCUT2D eigenvalue weighted by Gasteiger charge is -2.46. The van der Waals surface area contributed by atoms with Gasteiger partial charge in [-0.1, -0.05) is 13.8 Å². The third kappa shape index (κ3) is 4.85. The zero-order valence-electron chi connectivity index (χ0n) is 16.0. The van der Waals surface area contributed by atoms with Gasteiger partial charge in [0.05, 0.1) is 0 Å². The van der Waals surface area contributed by atoms with Crippen LogP contribution in [-0.2, 0) is 9.53 Å². The molecule has 0 bridgehead atoms. The number of nitrogens with zero attached hydrogens (tertiary/aromatic N) is 2. The summed E-state index contributed by atoms with van der Waals surface area (Å²) in [5.74, 6) is 0.229. The molecule has 1 N–H and O–H groups in total. The third-order valence-corrected chi connectivity index (χ3v) is 4.94. The van der Waals surface area contributed by atoms with Crippen LogP contribution < -0.4 is 5.32 Å². The first-order valence-corrected chi connectivity index (χ1v) is 8.96. The Hall–Kier alpha value is -1.30. The van der Waals surface area contributed by atoms with Crippen molar-refractivity contribution in [1.29, 1.82) is 0 Å². The molecule has 6 heteroatoms. The van der Waals surface area contributed by atoms with Crippen molar-refractivity contribution in [3.8, 4) is 0 Å². The Morgan fingerprint density at radius 3 is 2.50 bits per heavy atom. The Kier molecular flexibility index (Phi) is 5.47. The Balaban J connectivity index is 1.92. The molecule has 138 valence electrons. The van der Waals surface area contributed by atoms with Gasteiger partial charge in [0.2, 0.25) is 5.91 Å². The van der Waals surface area contributed by atoms with Gasteiger partial charge in [0, 0.05) is 45.2 Å². The van der Waals surface area contributed by atoms with Gasteiger partial charge in [-0.05, 0) is 39.0 Å². The summed E-state index contributed by atoms with van der Waals surface area (Å²) in [5.41, 5.74) is -0.495. The largest absolute Gasteiger partial charge is 0.444 e. The number of amides is 2. The average molecular weight is 339 g/mol. The van der Waals surface area contributed by atoms with Crippen molar-refractivity contribution in [3.05, 3.63) is 0 Å². The van der Waals surface area contributed by atoms with Crippen LogP contribution in [0.15, 0.2) is 0 Å². The van der Waals surface area contributed by atoms with Crippen LogP contribution >= 0.6 is 0 Å². The number of hydrogen-bond acceptors (Lipinski definition) is 4. The lowest BCUT2D eigenvalue weighted by atomic mass is 9.78. The van der Waals surface area contributed by atoms with E-state index in [1.165, 1.54) is 0 Å². The molecule has 6 nitrogen and oxygen atoms in total. The van der Waals surface area contributed by atoms with Crippen molar-refractivity contribution in [1.82, 2.24) is 15.1 Å². The first-order chi connectivity index (χ1) is 11.0. The van der Waals surface area contributed by atoms with E-state index in [-0.39, 0.29) is 17.4 Å². The number of hydrogen-bond donors (Lipinski definition) is 1. The van der Waals surface area contributed by atoms with Crippen molar-refractivity contribution in [2.24, 2.45) is 5.41 Å². The highest BCUT2D eigenvalue weighted by Gasteiger charge is 2.40. The molecule has 0 spiro atoms. The van der Waals surface area contributed by atoms with E-state index in [1.54, 1.807) is 0 Å². The van der Waals surface area contributed by atoms with Crippen molar-refractivity contribution < 1.29 is 14.3 Å². The van der Waals surface area contributed by atoms with Gasteiger partial charge in [0.25, 0.3) is 0 Å². The molecule has 0 aliphatic carbocycles. The molecule has 2 fully saturated rings. The fourth-order valence-electron chi connectivity index (χ4n) is 3.58. The molecule has 2 amide bonds. The second-order valence-corrected chi connectivity index (χ2v) is 8.91. The maximum absolute atomic E-state index is 12.3. The van der Waals surface area contributed by atoms with Gasteiger partial charge in [-0.2, -0.15) is 0 Å². The van der Waals surface area contributed by atoms with Gasteiger partial charge in [-0.3, -0.25) is 4.79 Å². The summed E-state index contributed by atoms with van der Waals surface area (Å²) in [4.78, 5) is 27.6. The molecule has 2 rings (SSSR count). The van der Waals surface area contributed by atoms with E-state index in [2.05, 4.69) is 19.2 Å². The standard InChI is InChI=1S/C18H33N3O3/c1-17(2,3)24-16(23)21-10-9-14(18(4,5)12-21)19-13-7-8-15(22)20(6)11-13/h13-14,19H,7-12H2,1-6H3. The quantitative estimate of drug-likeness (QED) is 0.838. The van der Waals surface area contributed by atoms with Crippen LogP contribution in [0.1, 0.15) is 53.9 Å². The molecule has 2 aliphatic rings. The van der Waals surface area contributed by atoms with E-state index in [0.717, 1.165) is 19.4 Å². The second kappa shape index (κ2) is 6.90. The second-order valence-electron chi connectivity index (χ2n) is 8.91. The minimum absolute atomic E-state index is 0.0326. The first kappa shape index (κ1) is 19.0. The molecule has 0 aromatic heterocycles. The maximum Gasteiger partial charge on any atom is 0.410 e. The summed E-state index contributed by atoms with van der Waals surface area (Å²) in [7, 11) is 1.87. The summed E-state index contributed by atoms with van der Waals surface area (Å²) in [6, 6.07) is 0.674. The molecule has 2 heterocycles. The predicted octanol–water partition coefficient (Wildman–Crippen LogP) is 2.23. The Morgan fingerprint density at radius 1 is 1.29 bits per heavy atom. The number of likely N-dealkylation sites (N-methyl/N-ethyl adjacent to an activating group) is 1. The molecule has 0 aromatic rings. The number of likely N-dealkylation sites (tertiary alicyclic amines) is 2. The van der Waals surface area contributed by atoms with Gasteiger partial charge in [0.1, 0.15) is 5.60 Å². The van der Waals surface area contributed by atoms with E-state index >= 15 is 0 Å². The number of ether oxygens (including phenoxy) is 1. The molecule has 24 heavy (non-hydrogen) atoms. The van der Waals surface area contributed by atoms with Crippen LogP contribution in [0.2, 0.25) is 0 Å². The van der Waals surface area contributed by atoms with E-state index in [0.29, 0.717) is 31.6 Å². The first-order valence-electron chi connectivity index (χ1n) is 8.96. The van der Waals surface area contributed by atoms with E-state index in [1.807, 2.05) is 37.6 Å². The minimum Gasteiger partial charge on any atom is -0.444 e. The Morgan fingerprint density at radius 2 is 1.96 bits per heavy atom. The smallest absolute Gasteiger partial charge is 0.410 e. The molecule has 0 saturated carbocycles. The van der Waals surface area contributed by atoms with Crippen LogP contribution in [-0.4, -0.2) is 66.2 Å². The van der Waals surface area contributed by atoms with Crippen LogP contribution in [0.3, 0.4) is 0 Å². The van der Waals surface area contributed by atoms with Crippen molar-refractivity contribution in [2.75, 3.05) is 26.7 Å². The highest BCUT2D eigenvalue weighted by molar-refractivity contribution is 5.76. The van der Waals surface area contributed by atoms with Crippen LogP contribution in [0, 0.1) is 5.41 Å². The predicted molar refractivity (Wildman–Crippen MR) is 93.8 cm³/mol. The molecule has 2 unspecified atom stereocenters. The molecule has 2 atom stereocenters. The summed E-state index contributed by atoms with van der Waals surface area (Å²) in [6.07, 6.45) is 2.19. The Labute approximate surface area is 145 Å². The monoisotopic (exact) mass is 339 g/mol. The van der Waals surface area contributed by atoms with Crippen LogP contribution in [0.25, 0.3) is 0 Å². The van der Waals surface area contributed by atoms with Crippen molar-refractivity contribution >= 4 is 12.0 Å². The number of rotatable bonds is 2.